The van der Waals surface area contributed by atoms with Crippen LogP contribution in [0.3, 0.4) is 0 Å². The number of Topliss-reactive ketones (excluding diaryl/α,β-unsaturated/α-hetero) is 1. The van der Waals surface area contributed by atoms with E-state index in [1.807, 2.05) is 20.8 Å². The molecule has 0 saturated heterocycles. The molecule has 0 saturated carbocycles. The lowest BCUT2D eigenvalue weighted by Crippen LogP contribution is -2.42. The Hall–Kier alpha value is -1.22. The second-order valence-electron chi connectivity index (χ2n) is 5.23. The summed E-state index contributed by atoms with van der Waals surface area (Å²) in [5.74, 6) is -0.612. The Bertz CT molecular complexity index is 387. The van der Waals surface area contributed by atoms with Crippen molar-refractivity contribution >= 4 is 5.78 Å². The van der Waals surface area contributed by atoms with Crippen LogP contribution in [0, 0.1) is 18.2 Å². The molecule has 16 heavy (non-hydrogen) atoms. The Balaban J connectivity index is 3.06. The van der Waals surface area contributed by atoms with E-state index in [1.165, 1.54) is 12.1 Å². The summed E-state index contributed by atoms with van der Waals surface area (Å²) in [7, 11) is 0. The lowest BCUT2D eigenvalue weighted by atomic mass is 9.83. The number of halogens is 1. The van der Waals surface area contributed by atoms with Crippen molar-refractivity contribution in [2.75, 3.05) is 0 Å². The third-order valence-electron chi connectivity index (χ3n) is 2.54. The fourth-order valence-corrected chi connectivity index (χ4v) is 1.45. The zero-order valence-electron chi connectivity index (χ0n) is 10.2. The van der Waals surface area contributed by atoms with Gasteiger partial charge in [0, 0.05) is 5.56 Å². The molecule has 0 heterocycles. The molecule has 3 heteroatoms. The number of hydrogen-bond acceptors (Lipinski definition) is 2. The second kappa shape index (κ2) is 4.34. The molecule has 88 valence electrons. The molecule has 0 amide bonds. The highest BCUT2D eigenvalue weighted by Gasteiger charge is 2.28. The topological polar surface area (TPSA) is 43.1 Å². The summed E-state index contributed by atoms with van der Waals surface area (Å²) in [6, 6.07) is 3.67. The first-order valence-corrected chi connectivity index (χ1v) is 5.29. The Morgan fingerprint density at radius 2 is 1.88 bits per heavy atom. The summed E-state index contributed by atoms with van der Waals surface area (Å²) >= 11 is 0. The summed E-state index contributed by atoms with van der Waals surface area (Å²) < 4.78 is 13.2. The summed E-state index contributed by atoms with van der Waals surface area (Å²) in [5, 5.41) is 0. The maximum atomic E-state index is 13.2. The van der Waals surface area contributed by atoms with E-state index < -0.39 is 11.9 Å². The molecule has 0 aromatic heterocycles. The number of nitrogens with two attached hydrogens (primary N) is 1. The van der Waals surface area contributed by atoms with Gasteiger partial charge in [0.2, 0.25) is 0 Å². The Morgan fingerprint density at radius 1 is 1.31 bits per heavy atom. The number of ketones is 1. The van der Waals surface area contributed by atoms with Crippen LogP contribution in [0.15, 0.2) is 18.2 Å². The fourth-order valence-electron chi connectivity index (χ4n) is 1.45. The summed E-state index contributed by atoms with van der Waals surface area (Å²) in [5.41, 5.74) is 6.61. The van der Waals surface area contributed by atoms with E-state index in [0.717, 1.165) is 5.56 Å². The largest absolute Gasteiger partial charge is 0.321 e. The van der Waals surface area contributed by atoms with Gasteiger partial charge in [0.1, 0.15) is 5.82 Å². The number of rotatable bonds is 2. The fraction of sp³-hybridized carbons (Fsp3) is 0.462. The van der Waals surface area contributed by atoms with Gasteiger partial charge in [-0.05, 0) is 36.1 Å². The van der Waals surface area contributed by atoms with Gasteiger partial charge in [-0.25, -0.2) is 4.39 Å². The van der Waals surface area contributed by atoms with Gasteiger partial charge in [0.25, 0.3) is 0 Å². The molecule has 1 aromatic carbocycles. The molecule has 2 nitrogen and oxygen atoms in total. The van der Waals surface area contributed by atoms with Crippen LogP contribution in [0.1, 0.15) is 36.7 Å². The van der Waals surface area contributed by atoms with Crippen molar-refractivity contribution < 1.29 is 9.18 Å². The average Bonchev–Trinajstić information content (AvgIpc) is 2.12. The smallest absolute Gasteiger partial charge is 0.180 e. The molecule has 1 unspecified atom stereocenters. The number of benzene rings is 1. The molecule has 0 bridgehead atoms. The average molecular weight is 223 g/mol. The summed E-state index contributed by atoms with van der Waals surface area (Å²) in [4.78, 5) is 12.0. The molecule has 0 aliphatic heterocycles. The van der Waals surface area contributed by atoms with Crippen LogP contribution in [-0.2, 0) is 0 Å². The summed E-state index contributed by atoms with van der Waals surface area (Å²) in [6.07, 6.45) is 0. The first-order chi connectivity index (χ1) is 7.21. The molecule has 0 aliphatic rings. The van der Waals surface area contributed by atoms with Gasteiger partial charge in [0.05, 0.1) is 6.04 Å². The van der Waals surface area contributed by atoms with Crippen LogP contribution in [0.4, 0.5) is 4.39 Å². The lowest BCUT2D eigenvalue weighted by molar-refractivity contribution is 0.0901. The van der Waals surface area contributed by atoms with Crippen molar-refractivity contribution in [3.63, 3.8) is 0 Å². The van der Waals surface area contributed by atoms with Crippen molar-refractivity contribution in [2.24, 2.45) is 11.1 Å². The quantitative estimate of drug-likeness (QED) is 0.783. The third kappa shape index (κ3) is 2.89. The number of aryl methyl sites for hydroxylation is 1. The zero-order valence-corrected chi connectivity index (χ0v) is 10.2. The van der Waals surface area contributed by atoms with Crippen LogP contribution in [0.25, 0.3) is 0 Å². The number of carbonyl (C=O) groups excluding carboxylic acids is 1. The number of carbonyl (C=O) groups is 1. The standard InChI is InChI=1S/C13H18FNO/c1-8-5-9(7-10(14)6-8)11(16)12(15)13(2,3)4/h5-7,12H,15H2,1-4H3. The van der Waals surface area contributed by atoms with Crippen LogP contribution >= 0.6 is 0 Å². The van der Waals surface area contributed by atoms with E-state index >= 15 is 0 Å². The highest BCUT2D eigenvalue weighted by molar-refractivity contribution is 6.00. The maximum Gasteiger partial charge on any atom is 0.180 e. The van der Waals surface area contributed by atoms with Gasteiger partial charge >= 0.3 is 0 Å². The first-order valence-electron chi connectivity index (χ1n) is 5.29. The van der Waals surface area contributed by atoms with Crippen molar-refractivity contribution in [1.29, 1.82) is 0 Å². The molecule has 0 spiro atoms. The normalized spacial score (nSPS) is 13.6. The molecular weight excluding hydrogens is 205 g/mol. The zero-order chi connectivity index (χ0) is 12.5. The van der Waals surface area contributed by atoms with E-state index in [0.29, 0.717) is 5.56 Å². The molecule has 0 aliphatic carbocycles. The van der Waals surface area contributed by atoms with Crippen LogP contribution in [-0.4, -0.2) is 11.8 Å². The van der Waals surface area contributed by atoms with Crippen LogP contribution in [0.2, 0.25) is 0 Å². The Morgan fingerprint density at radius 3 is 2.31 bits per heavy atom. The Kier molecular flexibility index (Phi) is 3.48. The van der Waals surface area contributed by atoms with Gasteiger partial charge < -0.3 is 5.73 Å². The van der Waals surface area contributed by atoms with Gasteiger partial charge in [-0.3, -0.25) is 4.79 Å². The minimum Gasteiger partial charge on any atom is -0.321 e. The van der Waals surface area contributed by atoms with Crippen LogP contribution in [0.5, 0.6) is 0 Å². The molecule has 1 aromatic rings. The van der Waals surface area contributed by atoms with Crippen molar-refractivity contribution in [2.45, 2.75) is 33.7 Å². The van der Waals surface area contributed by atoms with Crippen molar-refractivity contribution in [3.8, 4) is 0 Å². The minimum atomic E-state index is -0.617. The van der Waals surface area contributed by atoms with E-state index in [1.54, 1.807) is 13.0 Å². The maximum absolute atomic E-state index is 13.2. The summed E-state index contributed by atoms with van der Waals surface area (Å²) in [6.45, 7) is 7.42. The van der Waals surface area contributed by atoms with E-state index in [2.05, 4.69) is 0 Å². The highest BCUT2D eigenvalue weighted by Crippen LogP contribution is 2.21. The third-order valence-corrected chi connectivity index (χ3v) is 2.54. The first kappa shape index (κ1) is 12.8. The van der Waals surface area contributed by atoms with Gasteiger partial charge in [-0.15, -0.1) is 0 Å². The molecule has 2 N–H and O–H groups in total. The molecular formula is C13H18FNO. The Labute approximate surface area is 95.7 Å². The SMILES string of the molecule is Cc1cc(F)cc(C(=O)C(N)C(C)(C)C)c1. The van der Waals surface area contributed by atoms with E-state index in [9.17, 15) is 9.18 Å². The molecule has 1 rings (SSSR count). The molecule has 1 atom stereocenters. The lowest BCUT2D eigenvalue weighted by Gasteiger charge is -2.25. The van der Waals surface area contributed by atoms with E-state index in [4.69, 9.17) is 5.73 Å². The van der Waals surface area contributed by atoms with Gasteiger partial charge in [-0.2, -0.15) is 0 Å². The van der Waals surface area contributed by atoms with Gasteiger partial charge in [-0.1, -0.05) is 20.8 Å². The molecule has 0 radical (unpaired) electrons. The number of hydrogen-bond donors (Lipinski definition) is 1. The predicted molar refractivity (Wildman–Crippen MR) is 62.9 cm³/mol. The molecule has 0 fully saturated rings. The predicted octanol–water partition coefficient (Wildman–Crippen LogP) is 2.69. The van der Waals surface area contributed by atoms with Crippen molar-refractivity contribution in [1.82, 2.24) is 0 Å². The highest BCUT2D eigenvalue weighted by atomic mass is 19.1. The van der Waals surface area contributed by atoms with Gasteiger partial charge in [0.15, 0.2) is 5.78 Å². The minimum absolute atomic E-state index is 0.213. The monoisotopic (exact) mass is 223 g/mol. The second-order valence-corrected chi connectivity index (χ2v) is 5.23. The van der Waals surface area contributed by atoms with Crippen LogP contribution < -0.4 is 5.73 Å². The van der Waals surface area contributed by atoms with Crippen molar-refractivity contribution in [3.05, 3.63) is 35.1 Å². The van der Waals surface area contributed by atoms with E-state index in [-0.39, 0.29) is 11.2 Å².